The van der Waals surface area contributed by atoms with Gasteiger partial charge < -0.3 is 14.6 Å². The normalized spacial score (nSPS) is 19.5. The number of carbonyl (C=O) groups excluding carboxylic acids is 2. The average molecular weight is 468 g/mol. The van der Waals surface area contributed by atoms with Crippen LogP contribution >= 0.6 is 0 Å². The molecule has 2 aliphatic rings. The highest BCUT2D eigenvalue weighted by molar-refractivity contribution is 7.90. The van der Waals surface area contributed by atoms with E-state index in [-0.39, 0.29) is 27.9 Å². The maximum atomic E-state index is 12.9. The number of nitrogens with zero attached hydrogens (tertiary/aromatic N) is 2. The Kier molecular flexibility index (Phi) is 5.23. The zero-order valence-electron chi connectivity index (χ0n) is 18.3. The van der Waals surface area contributed by atoms with Gasteiger partial charge in [0, 0.05) is 43.0 Å². The van der Waals surface area contributed by atoms with Gasteiger partial charge in [-0.1, -0.05) is 6.07 Å². The molecule has 0 bridgehead atoms. The first-order chi connectivity index (χ1) is 15.7. The summed E-state index contributed by atoms with van der Waals surface area (Å²) >= 11 is 0. The minimum absolute atomic E-state index is 0.139. The minimum Gasteiger partial charge on any atom is -0.449 e. The van der Waals surface area contributed by atoms with Gasteiger partial charge in [-0.25, -0.2) is 8.42 Å². The van der Waals surface area contributed by atoms with Crippen LogP contribution in [0.25, 0.3) is 11.0 Å². The molecular formula is C24H25N3O5S. The first kappa shape index (κ1) is 21.6. The number of hydrogen-bond acceptors (Lipinski definition) is 6. The van der Waals surface area contributed by atoms with Crippen LogP contribution in [0.4, 0.5) is 0 Å². The maximum Gasteiger partial charge on any atom is 0.287 e. The third-order valence-electron chi connectivity index (χ3n) is 6.97. The number of likely N-dealkylation sites (tertiary alicyclic amines) is 1. The van der Waals surface area contributed by atoms with Gasteiger partial charge in [-0.15, -0.1) is 0 Å². The molecule has 2 amide bonds. The Labute approximate surface area is 191 Å². The molecule has 0 radical (unpaired) electrons. The van der Waals surface area contributed by atoms with Crippen molar-refractivity contribution >= 4 is 32.6 Å². The number of fused-ring (bicyclic) bond motifs is 1. The summed E-state index contributed by atoms with van der Waals surface area (Å²) in [7, 11) is -3.36. The summed E-state index contributed by atoms with van der Waals surface area (Å²) in [6.45, 7) is 1.84. The predicted molar refractivity (Wildman–Crippen MR) is 122 cm³/mol. The summed E-state index contributed by atoms with van der Waals surface area (Å²) in [6, 6.07) is 9.74. The Hall–Kier alpha value is -3.20. The van der Waals surface area contributed by atoms with Crippen LogP contribution in [0.3, 0.4) is 0 Å². The molecule has 5 rings (SSSR count). The van der Waals surface area contributed by atoms with Gasteiger partial charge in [-0.3, -0.25) is 14.6 Å². The van der Waals surface area contributed by atoms with Gasteiger partial charge in [-0.05, 0) is 60.9 Å². The first-order valence-corrected chi connectivity index (χ1v) is 12.9. The summed E-state index contributed by atoms with van der Waals surface area (Å²) < 4.78 is 29.2. The number of sulfone groups is 1. The maximum absolute atomic E-state index is 12.9. The molecule has 2 fully saturated rings. The molecule has 172 valence electrons. The molecule has 3 aromatic rings. The SMILES string of the molecule is CS(=O)(=O)c1cccc(C(=O)N2CCC3(CC2)CC3CNC(=O)c2cc3ccncc3o2)c1. The van der Waals surface area contributed by atoms with E-state index in [2.05, 4.69) is 10.3 Å². The van der Waals surface area contributed by atoms with E-state index in [1.165, 1.54) is 12.1 Å². The fourth-order valence-corrected chi connectivity index (χ4v) is 5.50. The number of carbonyl (C=O) groups is 2. The van der Waals surface area contributed by atoms with Crippen molar-refractivity contribution in [2.24, 2.45) is 11.3 Å². The summed E-state index contributed by atoms with van der Waals surface area (Å²) in [6.07, 6.45) is 7.17. The highest BCUT2D eigenvalue weighted by Crippen LogP contribution is 2.59. The van der Waals surface area contributed by atoms with E-state index in [0.29, 0.717) is 36.7 Å². The van der Waals surface area contributed by atoms with Crippen LogP contribution in [0.15, 0.2) is 58.1 Å². The van der Waals surface area contributed by atoms with E-state index in [1.54, 1.807) is 41.6 Å². The number of piperidine rings is 1. The number of pyridine rings is 1. The van der Waals surface area contributed by atoms with E-state index in [4.69, 9.17) is 4.42 Å². The van der Waals surface area contributed by atoms with Gasteiger partial charge in [0.05, 0.1) is 11.1 Å². The second-order valence-corrected chi connectivity index (χ2v) is 11.1. The molecule has 1 N–H and O–H groups in total. The Morgan fingerprint density at radius 1 is 1.21 bits per heavy atom. The van der Waals surface area contributed by atoms with Crippen LogP contribution in [0.2, 0.25) is 0 Å². The molecule has 1 spiro atoms. The average Bonchev–Trinajstić information content (AvgIpc) is 3.28. The molecule has 9 heteroatoms. The van der Waals surface area contributed by atoms with Gasteiger partial charge in [0.1, 0.15) is 0 Å². The fraction of sp³-hybridized carbons (Fsp3) is 0.375. The Morgan fingerprint density at radius 2 is 2.00 bits per heavy atom. The summed E-state index contributed by atoms with van der Waals surface area (Å²) in [5.74, 6) is 0.301. The van der Waals surface area contributed by atoms with Crippen molar-refractivity contribution in [3.8, 4) is 0 Å². The van der Waals surface area contributed by atoms with Crippen molar-refractivity contribution in [2.75, 3.05) is 25.9 Å². The fourth-order valence-electron chi connectivity index (χ4n) is 4.83. The third-order valence-corrected chi connectivity index (χ3v) is 8.08. The van der Waals surface area contributed by atoms with E-state index in [1.807, 2.05) is 0 Å². The Morgan fingerprint density at radius 3 is 2.73 bits per heavy atom. The Bertz CT molecular complexity index is 1310. The van der Waals surface area contributed by atoms with Crippen molar-refractivity contribution < 1.29 is 22.4 Å². The second kappa shape index (κ2) is 7.98. The molecule has 1 atom stereocenters. The second-order valence-electron chi connectivity index (χ2n) is 9.09. The quantitative estimate of drug-likeness (QED) is 0.618. The van der Waals surface area contributed by atoms with Gasteiger partial charge in [-0.2, -0.15) is 0 Å². The molecule has 8 nitrogen and oxygen atoms in total. The molecule has 1 saturated carbocycles. The molecule has 1 unspecified atom stereocenters. The molecular weight excluding hydrogens is 442 g/mol. The van der Waals surface area contributed by atoms with Crippen LogP contribution in [0, 0.1) is 11.3 Å². The Balaban J connectivity index is 1.15. The smallest absolute Gasteiger partial charge is 0.287 e. The molecule has 1 aliphatic heterocycles. The van der Waals surface area contributed by atoms with Crippen molar-refractivity contribution in [1.29, 1.82) is 0 Å². The van der Waals surface area contributed by atoms with Crippen LogP contribution in [-0.4, -0.2) is 56.0 Å². The third kappa shape index (κ3) is 4.25. The van der Waals surface area contributed by atoms with E-state index >= 15 is 0 Å². The van der Waals surface area contributed by atoms with E-state index in [0.717, 1.165) is 30.9 Å². The van der Waals surface area contributed by atoms with Crippen molar-refractivity contribution in [1.82, 2.24) is 15.2 Å². The van der Waals surface area contributed by atoms with Crippen molar-refractivity contribution in [3.63, 3.8) is 0 Å². The summed E-state index contributed by atoms with van der Waals surface area (Å²) in [5, 5.41) is 3.83. The number of amides is 2. The molecule has 1 aromatic carbocycles. The number of furan rings is 1. The minimum atomic E-state index is -3.36. The monoisotopic (exact) mass is 467 g/mol. The molecule has 2 aromatic heterocycles. The topological polar surface area (TPSA) is 110 Å². The van der Waals surface area contributed by atoms with Gasteiger partial charge in [0.15, 0.2) is 21.2 Å². The van der Waals surface area contributed by atoms with Gasteiger partial charge in [0.25, 0.3) is 11.8 Å². The zero-order chi connectivity index (χ0) is 23.2. The van der Waals surface area contributed by atoms with Gasteiger partial charge in [0.2, 0.25) is 0 Å². The zero-order valence-corrected chi connectivity index (χ0v) is 19.1. The first-order valence-electron chi connectivity index (χ1n) is 11.0. The van der Waals surface area contributed by atoms with E-state index < -0.39 is 9.84 Å². The highest BCUT2D eigenvalue weighted by Gasteiger charge is 2.54. The lowest BCUT2D eigenvalue weighted by Gasteiger charge is -2.33. The number of hydrogen-bond donors (Lipinski definition) is 1. The predicted octanol–water partition coefficient (Wildman–Crippen LogP) is 2.90. The number of rotatable bonds is 5. The van der Waals surface area contributed by atoms with Gasteiger partial charge >= 0.3 is 0 Å². The van der Waals surface area contributed by atoms with Crippen LogP contribution in [-0.2, 0) is 9.84 Å². The summed E-state index contributed by atoms with van der Waals surface area (Å²) in [4.78, 5) is 31.3. The van der Waals surface area contributed by atoms with Crippen LogP contribution < -0.4 is 5.32 Å². The number of nitrogens with one attached hydrogen (secondary N) is 1. The highest BCUT2D eigenvalue weighted by atomic mass is 32.2. The lowest BCUT2D eigenvalue weighted by atomic mass is 9.90. The van der Waals surface area contributed by atoms with Crippen LogP contribution in [0.5, 0.6) is 0 Å². The number of benzene rings is 1. The lowest BCUT2D eigenvalue weighted by molar-refractivity contribution is 0.0668. The van der Waals surface area contributed by atoms with Crippen LogP contribution in [0.1, 0.15) is 40.2 Å². The molecule has 1 saturated heterocycles. The molecule has 1 aliphatic carbocycles. The van der Waals surface area contributed by atoms with E-state index in [9.17, 15) is 18.0 Å². The standard InChI is InChI=1S/C24H25N3O5S/c1-33(30,31)19-4-2-3-17(11-19)23(29)27-9-6-24(7-10-27)13-18(24)14-26-22(28)20-12-16-5-8-25-15-21(16)32-20/h2-5,8,11-12,15,18H,6-7,9-10,13-14H2,1H3,(H,26,28). The van der Waals surface area contributed by atoms with Crippen molar-refractivity contribution in [2.45, 2.75) is 24.2 Å². The lowest BCUT2D eigenvalue weighted by Crippen LogP contribution is -2.40. The molecule has 3 heterocycles. The van der Waals surface area contributed by atoms with Crippen molar-refractivity contribution in [3.05, 3.63) is 60.1 Å². The molecule has 33 heavy (non-hydrogen) atoms. The number of aromatic nitrogens is 1. The largest absolute Gasteiger partial charge is 0.449 e. The summed E-state index contributed by atoms with van der Waals surface area (Å²) in [5.41, 5.74) is 1.15.